The van der Waals surface area contributed by atoms with Crippen molar-refractivity contribution in [1.82, 2.24) is 0 Å². The molecular formula is C17H34OSi2. The Hall–Kier alpha value is -0.126. The highest BCUT2D eigenvalue weighted by molar-refractivity contribution is 6.84. The van der Waals surface area contributed by atoms with E-state index in [0.29, 0.717) is 5.92 Å². The fourth-order valence-corrected chi connectivity index (χ4v) is 4.72. The van der Waals surface area contributed by atoms with Crippen molar-refractivity contribution >= 4 is 16.4 Å². The summed E-state index contributed by atoms with van der Waals surface area (Å²) in [6.07, 6.45) is 3.80. The summed E-state index contributed by atoms with van der Waals surface area (Å²) in [6, 6.07) is 0. The van der Waals surface area contributed by atoms with Gasteiger partial charge in [0.15, 0.2) is 8.32 Å². The molecule has 0 saturated carbocycles. The summed E-state index contributed by atoms with van der Waals surface area (Å²) >= 11 is 0. The molecule has 0 spiro atoms. The summed E-state index contributed by atoms with van der Waals surface area (Å²) < 4.78 is 6.74. The lowest BCUT2D eigenvalue weighted by atomic mass is 10.0. The third kappa shape index (κ3) is 3.74. The first kappa shape index (κ1) is 17.9. The van der Waals surface area contributed by atoms with Crippen LogP contribution in [0, 0.1) is 5.92 Å². The van der Waals surface area contributed by atoms with E-state index in [1.807, 2.05) is 0 Å². The van der Waals surface area contributed by atoms with Gasteiger partial charge in [-0.2, -0.15) is 0 Å². The predicted molar refractivity (Wildman–Crippen MR) is 96.4 cm³/mol. The largest absolute Gasteiger partial charge is 0.410 e. The topological polar surface area (TPSA) is 9.23 Å². The molecular weight excluding hydrogens is 276 g/mol. The minimum absolute atomic E-state index is 0.265. The fraction of sp³-hybridized carbons (Fsp3) is 0.765. The molecule has 116 valence electrons. The maximum absolute atomic E-state index is 6.74. The van der Waals surface area contributed by atoms with Crippen LogP contribution in [0.25, 0.3) is 0 Å². The molecule has 0 radical (unpaired) electrons. The second-order valence-corrected chi connectivity index (χ2v) is 18.8. The van der Waals surface area contributed by atoms with E-state index in [4.69, 9.17) is 4.43 Å². The van der Waals surface area contributed by atoms with Crippen LogP contribution in [-0.2, 0) is 4.43 Å². The molecule has 1 aliphatic rings. The standard InChI is InChI=1S/C17H34OSi2/c1-13-11-12-15(14(2)19(6,7)8)16(13)18-20(9,10)17(3,4)5/h12-13,16H,2,11H2,1,3-10H3/t13-,16+/m1/s1. The van der Waals surface area contributed by atoms with E-state index in [9.17, 15) is 0 Å². The zero-order chi connectivity index (χ0) is 15.9. The Kier molecular flexibility index (Phi) is 5.00. The van der Waals surface area contributed by atoms with Crippen molar-refractivity contribution in [2.75, 3.05) is 0 Å². The Bertz CT molecular complexity index is 408. The molecule has 20 heavy (non-hydrogen) atoms. The van der Waals surface area contributed by atoms with Crippen LogP contribution >= 0.6 is 0 Å². The molecule has 3 heteroatoms. The summed E-state index contributed by atoms with van der Waals surface area (Å²) in [5.74, 6) is 0.590. The van der Waals surface area contributed by atoms with Crippen LogP contribution in [0.2, 0.25) is 37.8 Å². The van der Waals surface area contributed by atoms with Crippen molar-refractivity contribution in [2.45, 2.75) is 78.0 Å². The van der Waals surface area contributed by atoms with Crippen LogP contribution in [0.3, 0.4) is 0 Å². The molecule has 0 bridgehead atoms. The molecule has 1 rings (SSSR count). The number of hydrogen-bond donors (Lipinski definition) is 0. The van der Waals surface area contributed by atoms with Gasteiger partial charge in [0, 0.05) is 0 Å². The predicted octanol–water partition coefficient (Wildman–Crippen LogP) is 5.78. The molecule has 0 aromatic carbocycles. The molecule has 0 N–H and O–H groups in total. The van der Waals surface area contributed by atoms with E-state index >= 15 is 0 Å². The molecule has 0 amide bonds. The smallest absolute Gasteiger partial charge is 0.192 e. The van der Waals surface area contributed by atoms with Gasteiger partial charge in [0.05, 0.1) is 14.2 Å². The number of hydrogen-bond acceptors (Lipinski definition) is 1. The maximum atomic E-state index is 6.74. The van der Waals surface area contributed by atoms with Crippen LogP contribution < -0.4 is 0 Å². The van der Waals surface area contributed by atoms with E-state index in [0.717, 1.165) is 6.42 Å². The Balaban J connectivity index is 2.99. The molecule has 0 aliphatic heterocycles. The summed E-state index contributed by atoms with van der Waals surface area (Å²) in [5, 5.41) is 1.64. The van der Waals surface area contributed by atoms with Crippen molar-refractivity contribution in [3.63, 3.8) is 0 Å². The average Bonchev–Trinajstić information content (AvgIpc) is 2.56. The summed E-state index contributed by atoms with van der Waals surface area (Å²) in [4.78, 5) is 0. The highest BCUT2D eigenvalue weighted by atomic mass is 28.4. The van der Waals surface area contributed by atoms with Crippen LogP contribution in [-0.4, -0.2) is 22.5 Å². The first-order valence-electron chi connectivity index (χ1n) is 7.85. The summed E-state index contributed by atoms with van der Waals surface area (Å²) in [5.41, 5.74) is 1.42. The monoisotopic (exact) mass is 310 g/mol. The lowest BCUT2D eigenvalue weighted by Crippen LogP contribution is -2.46. The summed E-state index contributed by atoms with van der Waals surface area (Å²) in [6.45, 7) is 25.5. The minimum atomic E-state index is -1.73. The van der Waals surface area contributed by atoms with Crippen LogP contribution in [0.5, 0.6) is 0 Å². The summed E-state index contributed by atoms with van der Waals surface area (Å²) in [7, 11) is -3.07. The lowest BCUT2D eigenvalue weighted by Gasteiger charge is -2.41. The van der Waals surface area contributed by atoms with E-state index in [-0.39, 0.29) is 11.1 Å². The van der Waals surface area contributed by atoms with Gasteiger partial charge >= 0.3 is 0 Å². The van der Waals surface area contributed by atoms with Gasteiger partial charge in [-0.3, -0.25) is 0 Å². The fourth-order valence-electron chi connectivity index (χ4n) is 2.26. The van der Waals surface area contributed by atoms with Crippen molar-refractivity contribution in [3.8, 4) is 0 Å². The minimum Gasteiger partial charge on any atom is -0.410 e. The highest BCUT2D eigenvalue weighted by Gasteiger charge is 2.43. The molecule has 1 nitrogen and oxygen atoms in total. The molecule has 0 aromatic heterocycles. The lowest BCUT2D eigenvalue weighted by molar-refractivity contribution is 0.173. The molecule has 0 saturated heterocycles. The highest BCUT2D eigenvalue weighted by Crippen LogP contribution is 2.43. The number of rotatable bonds is 4. The zero-order valence-electron chi connectivity index (χ0n) is 15.1. The van der Waals surface area contributed by atoms with Gasteiger partial charge in [0.2, 0.25) is 0 Å². The van der Waals surface area contributed by atoms with Gasteiger partial charge in [-0.05, 0) is 36.0 Å². The Morgan fingerprint density at radius 1 is 1.20 bits per heavy atom. The molecule has 0 unspecified atom stereocenters. The van der Waals surface area contributed by atoms with Gasteiger partial charge in [-0.25, -0.2) is 0 Å². The molecule has 1 aliphatic carbocycles. The van der Waals surface area contributed by atoms with Crippen molar-refractivity contribution in [1.29, 1.82) is 0 Å². The quantitative estimate of drug-likeness (QED) is 0.598. The molecule has 0 aromatic rings. The molecule has 0 fully saturated rings. The van der Waals surface area contributed by atoms with Gasteiger partial charge < -0.3 is 4.43 Å². The molecule has 2 atom stereocenters. The van der Waals surface area contributed by atoms with Crippen molar-refractivity contribution in [3.05, 3.63) is 23.4 Å². The van der Waals surface area contributed by atoms with Gasteiger partial charge in [0.1, 0.15) is 0 Å². The van der Waals surface area contributed by atoms with Crippen LogP contribution in [0.1, 0.15) is 34.1 Å². The van der Waals surface area contributed by atoms with Crippen molar-refractivity contribution < 1.29 is 4.43 Å². The van der Waals surface area contributed by atoms with Gasteiger partial charge in [-0.1, -0.05) is 65.2 Å². The van der Waals surface area contributed by atoms with E-state index in [1.54, 1.807) is 0 Å². The molecule has 0 heterocycles. The maximum Gasteiger partial charge on any atom is 0.192 e. The van der Waals surface area contributed by atoms with Gasteiger partial charge in [-0.15, -0.1) is 0 Å². The normalized spacial score (nSPS) is 24.8. The van der Waals surface area contributed by atoms with Crippen LogP contribution in [0.4, 0.5) is 0 Å². The second-order valence-electron chi connectivity index (χ2n) is 8.90. The Morgan fingerprint density at radius 3 is 2.10 bits per heavy atom. The second kappa shape index (κ2) is 5.58. The van der Waals surface area contributed by atoms with E-state index in [2.05, 4.69) is 73.1 Å². The van der Waals surface area contributed by atoms with E-state index < -0.39 is 16.4 Å². The Labute approximate surface area is 128 Å². The SMILES string of the molecule is C=C(C1=CC[C@@H](C)[C@@H]1O[Si](C)(C)C(C)(C)C)[Si](C)(C)C. The number of allylic oxidation sites excluding steroid dienone is 1. The zero-order valence-corrected chi connectivity index (χ0v) is 17.1. The Morgan fingerprint density at radius 2 is 1.70 bits per heavy atom. The van der Waals surface area contributed by atoms with Gasteiger partial charge in [0.25, 0.3) is 0 Å². The van der Waals surface area contributed by atoms with E-state index in [1.165, 1.54) is 10.8 Å². The average molecular weight is 311 g/mol. The third-order valence-corrected chi connectivity index (χ3v) is 11.6. The third-order valence-electron chi connectivity index (χ3n) is 5.01. The van der Waals surface area contributed by atoms with Crippen molar-refractivity contribution in [2.24, 2.45) is 5.92 Å². The van der Waals surface area contributed by atoms with Crippen LogP contribution in [0.15, 0.2) is 23.4 Å². The first-order valence-corrected chi connectivity index (χ1v) is 14.3. The first-order chi connectivity index (χ1) is 8.77.